The molecule has 222 valence electrons. The van der Waals surface area contributed by atoms with Crippen LogP contribution in [-0.4, -0.2) is 30.4 Å². The van der Waals surface area contributed by atoms with Gasteiger partial charge < -0.3 is 0 Å². The highest BCUT2D eigenvalue weighted by Gasteiger charge is 2.34. The third-order valence-electron chi connectivity index (χ3n) is 6.79. The maximum atomic E-state index is 13.7. The maximum absolute atomic E-state index is 13.7. The first-order chi connectivity index (χ1) is 19.7. The number of nitrogens with one attached hydrogen (secondary N) is 1. The highest BCUT2D eigenvalue weighted by atomic mass is 35.5. The molecule has 0 amide bonds. The highest BCUT2D eigenvalue weighted by Crippen LogP contribution is 2.34. The van der Waals surface area contributed by atoms with Crippen LogP contribution >= 0.6 is 11.6 Å². The third-order valence-corrected chi connectivity index (χ3v) is 8.72. The molecule has 2 aromatic heterocycles. The zero-order valence-corrected chi connectivity index (χ0v) is 26.5. The summed E-state index contributed by atoms with van der Waals surface area (Å²) in [5.74, 6) is 3.34. The summed E-state index contributed by atoms with van der Waals surface area (Å²) in [5.41, 5.74) is 7.14. The van der Waals surface area contributed by atoms with Crippen molar-refractivity contribution in [1.29, 1.82) is 0 Å². The van der Waals surface area contributed by atoms with E-state index < -0.39 is 22.0 Å². The van der Waals surface area contributed by atoms with Crippen LogP contribution in [0.2, 0.25) is 5.02 Å². The summed E-state index contributed by atoms with van der Waals surface area (Å²) in [6.45, 7) is 11.7. The molecule has 0 aliphatic heterocycles. The maximum Gasteiger partial charge on any atom is 0.261 e. The van der Waals surface area contributed by atoms with E-state index in [2.05, 4.69) is 21.8 Å². The van der Waals surface area contributed by atoms with Gasteiger partial charge in [-0.25, -0.2) is 21.9 Å². The summed E-state index contributed by atoms with van der Waals surface area (Å²) in [7, 11) is -4.24. The number of allylic oxidation sites excluding steroid dienone is 4. The fraction of sp³-hybridized carbons (Fsp3) is 0.333. The molecule has 3 rings (SSSR count). The van der Waals surface area contributed by atoms with Gasteiger partial charge in [0.2, 0.25) is 10.0 Å². The van der Waals surface area contributed by atoms with Crippen LogP contribution in [-0.2, 0) is 10.0 Å². The second-order valence-corrected chi connectivity index (χ2v) is 12.6. The molecule has 0 saturated heterocycles. The number of hydrogen-bond donors (Lipinski definition) is 1. The molecule has 42 heavy (non-hydrogen) atoms. The molecule has 0 aliphatic rings. The number of aromatic nitrogens is 2. The fourth-order valence-electron chi connectivity index (χ4n) is 4.21. The van der Waals surface area contributed by atoms with Gasteiger partial charge in [-0.15, -0.1) is 0 Å². The zero-order valence-electron chi connectivity index (χ0n) is 24.9. The molecule has 0 radical (unpaired) electrons. The Morgan fingerprint density at radius 2 is 1.83 bits per heavy atom. The lowest BCUT2D eigenvalue weighted by atomic mass is 9.91. The fourth-order valence-corrected chi connectivity index (χ4v) is 5.62. The summed E-state index contributed by atoms with van der Waals surface area (Å²) in [5, 5.41) is 0.591. The molecule has 0 saturated carbocycles. The molecule has 0 spiro atoms. The summed E-state index contributed by atoms with van der Waals surface area (Å²) < 4.78 is 55.2. The number of hydrogen-bond acceptors (Lipinski definition) is 4. The van der Waals surface area contributed by atoms with Crippen molar-refractivity contribution < 1.29 is 17.2 Å². The number of halogens is 3. The van der Waals surface area contributed by atoms with Gasteiger partial charge in [0.05, 0.1) is 17.4 Å². The number of aryl methyl sites for hydroxylation is 3. The van der Waals surface area contributed by atoms with Gasteiger partial charge in [0.15, 0.2) is 0 Å². The van der Waals surface area contributed by atoms with Gasteiger partial charge in [0.25, 0.3) is 5.92 Å². The Morgan fingerprint density at radius 1 is 1.12 bits per heavy atom. The lowest BCUT2D eigenvalue weighted by molar-refractivity contribution is -0.00488. The van der Waals surface area contributed by atoms with Gasteiger partial charge in [-0.1, -0.05) is 42.5 Å². The predicted molar refractivity (Wildman–Crippen MR) is 168 cm³/mol. The zero-order chi connectivity index (χ0) is 31.2. The normalized spacial score (nSPS) is 13.7. The molecule has 5 nitrogen and oxygen atoms in total. The number of nitrogens with zero attached hydrogens (tertiary/aromatic N) is 2. The first kappa shape index (κ1) is 33.1. The largest absolute Gasteiger partial charge is 0.261 e. The van der Waals surface area contributed by atoms with Crippen molar-refractivity contribution in [2.24, 2.45) is 0 Å². The molecule has 2 heterocycles. The van der Waals surface area contributed by atoms with Crippen LogP contribution in [0.1, 0.15) is 74.2 Å². The van der Waals surface area contributed by atoms with Gasteiger partial charge >= 0.3 is 0 Å². The van der Waals surface area contributed by atoms with Crippen molar-refractivity contribution in [3.63, 3.8) is 0 Å². The standard InChI is InChI=1S/C33H36ClF2N3O2S/c1-8-9-10-13-27(28-19-30(34)23(4)17-22(28)3)29(18-24(5)32-21(2)12-11-16-37-32)31-15-14-26(20-38-31)42(40,41)39-25(6)33(7,35)36/h11-12,14-20,25,39H,8-9H2,1-7H3. The van der Waals surface area contributed by atoms with Gasteiger partial charge in [-0.3, -0.25) is 9.97 Å². The van der Waals surface area contributed by atoms with Crippen LogP contribution < -0.4 is 4.72 Å². The highest BCUT2D eigenvalue weighted by molar-refractivity contribution is 7.89. The van der Waals surface area contributed by atoms with Gasteiger partial charge in [-0.05, 0) is 99.2 Å². The lowest BCUT2D eigenvalue weighted by Crippen LogP contribution is -2.43. The monoisotopic (exact) mass is 611 g/mol. The molecule has 0 aliphatic carbocycles. The van der Waals surface area contributed by atoms with E-state index in [1.807, 2.05) is 69.7 Å². The van der Waals surface area contributed by atoms with Crippen LogP contribution in [0.15, 0.2) is 59.8 Å². The number of pyridine rings is 2. The minimum Gasteiger partial charge on any atom is -0.256 e. The molecular formula is C33H36ClF2N3O2S. The van der Waals surface area contributed by atoms with Gasteiger partial charge in [0.1, 0.15) is 4.90 Å². The van der Waals surface area contributed by atoms with E-state index in [9.17, 15) is 17.2 Å². The molecule has 3 aromatic rings. The second-order valence-electron chi connectivity index (χ2n) is 10.4. The molecule has 1 atom stereocenters. The van der Waals surface area contributed by atoms with Crippen molar-refractivity contribution in [1.82, 2.24) is 14.7 Å². The lowest BCUT2D eigenvalue weighted by Gasteiger charge is -2.20. The van der Waals surface area contributed by atoms with Crippen molar-refractivity contribution in [3.05, 3.63) is 93.5 Å². The third kappa shape index (κ3) is 8.13. The van der Waals surface area contributed by atoms with Crippen LogP contribution in [0.4, 0.5) is 8.78 Å². The van der Waals surface area contributed by atoms with E-state index in [4.69, 9.17) is 11.6 Å². The van der Waals surface area contributed by atoms with Crippen LogP contribution in [0, 0.1) is 32.6 Å². The topological polar surface area (TPSA) is 72.0 Å². The molecule has 0 bridgehead atoms. The van der Waals surface area contributed by atoms with Crippen molar-refractivity contribution >= 4 is 38.3 Å². The number of sulfonamides is 1. The predicted octanol–water partition coefficient (Wildman–Crippen LogP) is 8.20. The Kier molecular flexibility index (Phi) is 10.8. The van der Waals surface area contributed by atoms with E-state index >= 15 is 0 Å². The Hall–Kier alpha value is -3.38. The number of alkyl halides is 2. The average molecular weight is 612 g/mol. The first-order valence-electron chi connectivity index (χ1n) is 13.6. The Balaban J connectivity index is 2.31. The SMILES string of the molecule is CCCC#CC(=C(C=C(C)c1ncccc1C)c1ccc(S(=O)(=O)NC(C)C(C)(F)F)cn1)c1cc(Cl)c(C)cc1C. The molecule has 1 N–H and O–H groups in total. The summed E-state index contributed by atoms with van der Waals surface area (Å²) in [6.07, 6.45) is 6.37. The molecule has 1 aromatic carbocycles. The molecular weight excluding hydrogens is 576 g/mol. The Labute approximate surface area is 253 Å². The van der Waals surface area contributed by atoms with Crippen molar-refractivity contribution in [3.8, 4) is 11.8 Å². The summed E-state index contributed by atoms with van der Waals surface area (Å²) in [4.78, 5) is 8.82. The van der Waals surface area contributed by atoms with Crippen LogP contribution in [0.3, 0.4) is 0 Å². The van der Waals surface area contributed by atoms with E-state index in [0.29, 0.717) is 35.2 Å². The molecule has 9 heteroatoms. The second kappa shape index (κ2) is 13.7. The van der Waals surface area contributed by atoms with Crippen molar-refractivity contribution in [2.75, 3.05) is 0 Å². The van der Waals surface area contributed by atoms with Crippen LogP contribution in [0.25, 0.3) is 16.7 Å². The van der Waals surface area contributed by atoms with E-state index in [1.165, 1.54) is 12.3 Å². The molecule has 1 unspecified atom stereocenters. The number of benzene rings is 1. The Bertz CT molecular complexity index is 1680. The van der Waals surface area contributed by atoms with Gasteiger partial charge in [0, 0.05) is 41.9 Å². The quantitative estimate of drug-likeness (QED) is 0.196. The van der Waals surface area contributed by atoms with E-state index in [-0.39, 0.29) is 4.90 Å². The smallest absolute Gasteiger partial charge is 0.256 e. The minimum atomic E-state index is -4.24. The Morgan fingerprint density at radius 3 is 2.43 bits per heavy atom. The minimum absolute atomic E-state index is 0.226. The summed E-state index contributed by atoms with van der Waals surface area (Å²) >= 11 is 6.57. The average Bonchev–Trinajstić information content (AvgIpc) is 2.92. The number of unbranched alkanes of at least 4 members (excludes halogenated alkanes) is 1. The summed E-state index contributed by atoms with van der Waals surface area (Å²) in [6, 6.07) is 9.03. The van der Waals surface area contributed by atoms with Crippen molar-refractivity contribution in [2.45, 2.75) is 78.2 Å². The van der Waals surface area contributed by atoms with Crippen LogP contribution in [0.5, 0.6) is 0 Å². The first-order valence-corrected chi connectivity index (χ1v) is 15.5. The van der Waals surface area contributed by atoms with Gasteiger partial charge in [-0.2, -0.15) is 0 Å². The van der Waals surface area contributed by atoms with E-state index in [0.717, 1.165) is 46.9 Å². The van der Waals surface area contributed by atoms with E-state index in [1.54, 1.807) is 12.3 Å². The number of rotatable bonds is 9. The molecule has 0 fully saturated rings.